The lowest BCUT2D eigenvalue weighted by Crippen LogP contribution is -2.61. The molecule has 2 rings (SSSR count). The zero-order valence-corrected chi connectivity index (χ0v) is 22.9. The number of benzene rings is 1. The minimum Gasteiger partial charge on any atom is -0.481 e. The number of amides is 2. The third kappa shape index (κ3) is 7.52. The SMILES string of the molecule is CC1(C)SCCN(S(=O)(=O)c2ccc(OCC#CCCCN(C(=O)O)C(C)(C)C)cc2)[C@H]1C(=O)NO. The van der Waals surface area contributed by atoms with E-state index in [1.165, 1.54) is 40.9 Å². The molecule has 1 aliphatic rings. The van der Waals surface area contributed by atoms with Gasteiger partial charge in [0.05, 0.1) is 4.90 Å². The van der Waals surface area contributed by atoms with Gasteiger partial charge in [-0.1, -0.05) is 11.8 Å². The number of sulfonamides is 1. The van der Waals surface area contributed by atoms with E-state index in [2.05, 4.69) is 11.8 Å². The van der Waals surface area contributed by atoms with Gasteiger partial charge in [-0.2, -0.15) is 16.1 Å². The van der Waals surface area contributed by atoms with E-state index >= 15 is 0 Å². The Kier molecular flexibility index (Phi) is 10.1. The maximum atomic E-state index is 13.3. The first-order valence-corrected chi connectivity index (χ1v) is 13.9. The van der Waals surface area contributed by atoms with Gasteiger partial charge in [-0.3, -0.25) is 10.0 Å². The summed E-state index contributed by atoms with van der Waals surface area (Å²) < 4.78 is 32.5. The van der Waals surface area contributed by atoms with Crippen LogP contribution < -0.4 is 10.2 Å². The summed E-state index contributed by atoms with van der Waals surface area (Å²) in [4.78, 5) is 25.0. The summed E-state index contributed by atoms with van der Waals surface area (Å²) in [6.07, 6.45) is 0.164. The maximum Gasteiger partial charge on any atom is 0.407 e. The monoisotopic (exact) mass is 541 g/mol. The summed E-state index contributed by atoms with van der Waals surface area (Å²) in [5.41, 5.74) is 1.12. The molecule has 0 unspecified atom stereocenters. The third-order valence-corrected chi connectivity index (χ3v) is 8.91. The minimum absolute atomic E-state index is 0.0150. The lowest BCUT2D eigenvalue weighted by Gasteiger charge is -2.43. The molecule has 10 nitrogen and oxygen atoms in total. The zero-order valence-electron chi connectivity index (χ0n) is 21.3. The van der Waals surface area contributed by atoms with Crippen molar-refractivity contribution in [1.29, 1.82) is 0 Å². The number of hydroxylamine groups is 1. The van der Waals surface area contributed by atoms with E-state index in [1.54, 1.807) is 19.3 Å². The van der Waals surface area contributed by atoms with E-state index in [4.69, 9.17) is 9.94 Å². The molecule has 0 spiro atoms. The first-order chi connectivity index (χ1) is 16.7. The van der Waals surface area contributed by atoms with Gasteiger partial charge < -0.3 is 14.7 Å². The Labute approximate surface area is 217 Å². The fraction of sp³-hybridized carbons (Fsp3) is 0.583. The zero-order chi connectivity index (χ0) is 27.1. The Morgan fingerprint density at radius 2 is 1.89 bits per heavy atom. The average molecular weight is 542 g/mol. The van der Waals surface area contributed by atoms with Crippen LogP contribution in [0.2, 0.25) is 0 Å². The van der Waals surface area contributed by atoms with Crippen LogP contribution in [0.3, 0.4) is 0 Å². The van der Waals surface area contributed by atoms with Crippen molar-refractivity contribution in [3.63, 3.8) is 0 Å². The summed E-state index contributed by atoms with van der Waals surface area (Å²) in [5, 5.41) is 18.4. The highest BCUT2D eigenvalue weighted by Crippen LogP contribution is 2.38. The molecule has 0 saturated carbocycles. The number of rotatable bonds is 8. The molecular weight excluding hydrogens is 506 g/mol. The molecule has 1 fully saturated rings. The highest BCUT2D eigenvalue weighted by atomic mass is 32.2. The first-order valence-electron chi connectivity index (χ1n) is 11.5. The van der Waals surface area contributed by atoms with Crippen molar-refractivity contribution in [2.24, 2.45) is 0 Å². The van der Waals surface area contributed by atoms with Crippen molar-refractivity contribution < 1.29 is 33.1 Å². The van der Waals surface area contributed by atoms with Crippen molar-refractivity contribution in [1.82, 2.24) is 14.7 Å². The largest absolute Gasteiger partial charge is 0.481 e. The molecule has 1 aromatic carbocycles. The van der Waals surface area contributed by atoms with E-state index < -0.39 is 38.4 Å². The number of hydrogen-bond acceptors (Lipinski definition) is 7. The van der Waals surface area contributed by atoms with Gasteiger partial charge >= 0.3 is 6.09 Å². The summed E-state index contributed by atoms with van der Waals surface area (Å²) in [7, 11) is -3.99. The number of nitrogens with zero attached hydrogens (tertiary/aromatic N) is 2. The number of carboxylic acid groups (broad SMARTS) is 1. The van der Waals surface area contributed by atoms with Crippen LogP contribution in [0.25, 0.3) is 0 Å². The van der Waals surface area contributed by atoms with Gasteiger partial charge in [0.2, 0.25) is 10.0 Å². The van der Waals surface area contributed by atoms with Crippen LogP contribution in [0.5, 0.6) is 5.75 Å². The van der Waals surface area contributed by atoms with Gasteiger partial charge in [0.25, 0.3) is 5.91 Å². The van der Waals surface area contributed by atoms with Crippen LogP contribution in [-0.4, -0.2) is 81.7 Å². The fourth-order valence-electron chi connectivity index (χ4n) is 3.87. The number of ether oxygens (including phenoxy) is 1. The Balaban J connectivity index is 1.96. The van der Waals surface area contributed by atoms with Crippen molar-refractivity contribution in [3.05, 3.63) is 24.3 Å². The Morgan fingerprint density at radius 3 is 2.44 bits per heavy atom. The highest BCUT2D eigenvalue weighted by Gasteiger charge is 2.48. The number of nitrogens with one attached hydrogen (secondary N) is 1. The highest BCUT2D eigenvalue weighted by molar-refractivity contribution is 8.00. The smallest absolute Gasteiger partial charge is 0.407 e. The number of carbonyl (C=O) groups excluding carboxylic acids is 1. The topological polar surface area (TPSA) is 136 Å². The van der Waals surface area contributed by atoms with Gasteiger partial charge in [-0.05, 0) is 65.3 Å². The molecule has 0 aromatic heterocycles. The van der Waals surface area contributed by atoms with E-state index in [-0.39, 0.29) is 18.0 Å². The van der Waals surface area contributed by atoms with Gasteiger partial charge in [0, 0.05) is 35.5 Å². The van der Waals surface area contributed by atoms with Crippen LogP contribution in [0.1, 0.15) is 47.5 Å². The predicted octanol–water partition coefficient (Wildman–Crippen LogP) is 3.02. The molecule has 200 valence electrons. The summed E-state index contributed by atoms with van der Waals surface area (Å²) in [6, 6.07) is 4.80. The van der Waals surface area contributed by atoms with Gasteiger partial charge in [-0.15, -0.1) is 0 Å². The fourth-order valence-corrected chi connectivity index (χ4v) is 6.97. The predicted molar refractivity (Wildman–Crippen MR) is 138 cm³/mol. The lowest BCUT2D eigenvalue weighted by molar-refractivity contribution is -0.134. The van der Waals surface area contributed by atoms with Gasteiger partial charge in [0.15, 0.2) is 0 Å². The molecule has 1 aliphatic heterocycles. The molecule has 1 heterocycles. The van der Waals surface area contributed by atoms with Crippen molar-refractivity contribution >= 4 is 33.8 Å². The van der Waals surface area contributed by atoms with Crippen LogP contribution in [0.4, 0.5) is 4.79 Å². The molecule has 1 aromatic rings. The Morgan fingerprint density at radius 1 is 1.25 bits per heavy atom. The second-order valence-corrected chi connectivity index (χ2v) is 13.4. The molecule has 1 atom stereocenters. The number of thioether (sulfide) groups is 1. The molecule has 0 bridgehead atoms. The van der Waals surface area contributed by atoms with Crippen LogP contribution in [0.15, 0.2) is 29.2 Å². The Bertz CT molecular complexity index is 1090. The molecule has 36 heavy (non-hydrogen) atoms. The Hall–Kier alpha value is -2.46. The third-order valence-electron chi connectivity index (χ3n) is 5.68. The molecule has 12 heteroatoms. The van der Waals surface area contributed by atoms with Gasteiger partial charge in [0.1, 0.15) is 18.4 Å². The molecule has 0 aliphatic carbocycles. The number of unbranched alkanes of at least 4 members (excludes halogenated alkanes) is 1. The molecule has 1 saturated heterocycles. The lowest BCUT2D eigenvalue weighted by atomic mass is 10.0. The molecule has 2 amide bonds. The molecular formula is C24H35N3O7S2. The van der Waals surface area contributed by atoms with Crippen LogP contribution in [-0.2, 0) is 14.8 Å². The normalized spacial score (nSPS) is 18.0. The van der Waals surface area contributed by atoms with E-state index in [1.807, 2.05) is 20.8 Å². The van der Waals surface area contributed by atoms with Crippen molar-refractivity contribution in [2.75, 3.05) is 25.4 Å². The second kappa shape index (κ2) is 12.2. The van der Waals surface area contributed by atoms with E-state index in [0.29, 0.717) is 30.9 Å². The van der Waals surface area contributed by atoms with Gasteiger partial charge in [-0.25, -0.2) is 18.7 Å². The first kappa shape index (κ1) is 29.8. The van der Waals surface area contributed by atoms with Crippen LogP contribution in [0, 0.1) is 11.8 Å². The maximum absolute atomic E-state index is 13.3. The molecule has 0 radical (unpaired) electrons. The van der Waals surface area contributed by atoms with Crippen molar-refractivity contribution in [2.45, 2.75) is 68.7 Å². The van der Waals surface area contributed by atoms with Crippen LogP contribution >= 0.6 is 11.8 Å². The minimum atomic E-state index is -3.99. The standard InChI is InChI=1S/C24H35N3O7S2/c1-23(2,3)26(22(29)30)14-8-6-7-9-16-34-18-10-12-19(13-11-18)36(32,33)27-15-17-35-24(4,5)20(27)21(28)25-31/h10-13,20,31H,6,8,14-17H2,1-5H3,(H,25,28)(H,29,30)/t20-/m0/s1. The quantitative estimate of drug-likeness (QED) is 0.198. The second-order valence-electron chi connectivity index (χ2n) is 9.77. The van der Waals surface area contributed by atoms with E-state index in [0.717, 1.165) is 4.31 Å². The summed E-state index contributed by atoms with van der Waals surface area (Å²) in [6.45, 7) is 9.69. The molecule has 3 N–H and O–H groups in total. The summed E-state index contributed by atoms with van der Waals surface area (Å²) in [5.74, 6) is 6.00. The summed E-state index contributed by atoms with van der Waals surface area (Å²) >= 11 is 1.47. The number of hydrogen-bond donors (Lipinski definition) is 3. The average Bonchev–Trinajstić information content (AvgIpc) is 2.78. The van der Waals surface area contributed by atoms with Crippen molar-refractivity contribution in [3.8, 4) is 17.6 Å². The number of carbonyl (C=O) groups is 2. The van der Waals surface area contributed by atoms with E-state index in [9.17, 15) is 23.1 Å².